The van der Waals surface area contributed by atoms with E-state index in [1.165, 1.54) is 13.3 Å². The van der Waals surface area contributed by atoms with Gasteiger partial charge in [0.25, 0.3) is 0 Å². The van der Waals surface area contributed by atoms with Crippen molar-refractivity contribution in [2.24, 2.45) is 0 Å². The van der Waals surface area contributed by atoms with E-state index in [1.54, 1.807) is 31.2 Å². The van der Waals surface area contributed by atoms with Crippen LogP contribution in [0.1, 0.15) is 11.6 Å². The van der Waals surface area contributed by atoms with Gasteiger partial charge in [0, 0.05) is 25.9 Å². The first kappa shape index (κ1) is 14.4. The van der Waals surface area contributed by atoms with Crippen LogP contribution in [0.25, 0.3) is 0 Å². The highest BCUT2D eigenvalue weighted by Crippen LogP contribution is 2.20. The Balaban J connectivity index is 2.86. The van der Waals surface area contributed by atoms with E-state index in [1.807, 2.05) is 0 Å². The number of hydrogen-bond donors (Lipinski definition) is 1. The molecular formula is C12H18N2O4. The van der Waals surface area contributed by atoms with Crippen LogP contribution < -0.4 is 4.74 Å². The molecule has 1 aromatic rings. The van der Waals surface area contributed by atoms with Gasteiger partial charge in [-0.05, 0) is 18.7 Å². The standard InChI is InChI=1S/C12H18N2O4/c1-14(6-7-17-2)11(12(15)16)9-4-5-10(18-3)13-8-9/h4-5,8,11H,6-7H2,1-3H3,(H,15,16)/t11-/m1/s1. The molecule has 0 amide bonds. The van der Waals surface area contributed by atoms with Gasteiger partial charge in [-0.3, -0.25) is 9.69 Å². The quantitative estimate of drug-likeness (QED) is 0.775. The molecule has 6 heteroatoms. The Kier molecular flexibility index (Phi) is 5.54. The van der Waals surface area contributed by atoms with Crippen LogP contribution in [0, 0.1) is 0 Å². The van der Waals surface area contributed by atoms with Gasteiger partial charge in [0.05, 0.1) is 13.7 Å². The topological polar surface area (TPSA) is 71.9 Å². The summed E-state index contributed by atoms with van der Waals surface area (Å²) >= 11 is 0. The Morgan fingerprint density at radius 1 is 1.50 bits per heavy atom. The monoisotopic (exact) mass is 254 g/mol. The molecule has 0 aliphatic heterocycles. The van der Waals surface area contributed by atoms with Gasteiger partial charge >= 0.3 is 5.97 Å². The van der Waals surface area contributed by atoms with Crippen LogP contribution in [0.5, 0.6) is 5.88 Å². The third kappa shape index (κ3) is 3.68. The summed E-state index contributed by atoms with van der Waals surface area (Å²) in [7, 11) is 4.84. The van der Waals surface area contributed by atoms with Gasteiger partial charge in [0.1, 0.15) is 6.04 Å². The van der Waals surface area contributed by atoms with Crippen molar-refractivity contribution in [3.05, 3.63) is 23.9 Å². The second kappa shape index (κ2) is 6.93. The van der Waals surface area contributed by atoms with Crippen molar-refractivity contribution in [2.45, 2.75) is 6.04 Å². The fourth-order valence-electron chi connectivity index (χ4n) is 1.62. The Hall–Kier alpha value is -1.66. The number of methoxy groups -OCH3 is 2. The van der Waals surface area contributed by atoms with E-state index in [0.717, 1.165) is 0 Å². The number of nitrogens with zero attached hydrogens (tertiary/aromatic N) is 2. The molecule has 0 aliphatic carbocycles. The molecule has 18 heavy (non-hydrogen) atoms. The first-order chi connectivity index (χ1) is 8.60. The van der Waals surface area contributed by atoms with E-state index < -0.39 is 12.0 Å². The lowest BCUT2D eigenvalue weighted by Gasteiger charge is -2.24. The largest absolute Gasteiger partial charge is 0.481 e. The molecule has 1 rings (SSSR count). The lowest BCUT2D eigenvalue weighted by molar-refractivity contribution is -0.143. The highest BCUT2D eigenvalue weighted by atomic mass is 16.5. The predicted molar refractivity (Wildman–Crippen MR) is 65.7 cm³/mol. The molecule has 6 nitrogen and oxygen atoms in total. The molecule has 0 saturated carbocycles. The van der Waals surface area contributed by atoms with E-state index in [-0.39, 0.29) is 0 Å². The molecule has 0 fully saturated rings. The summed E-state index contributed by atoms with van der Waals surface area (Å²) in [5.74, 6) is -0.456. The summed E-state index contributed by atoms with van der Waals surface area (Å²) in [6, 6.07) is 2.61. The number of carboxylic acid groups (broad SMARTS) is 1. The smallest absolute Gasteiger partial charge is 0.325 e. The van der Waals surface area contributed by atoms with E-state index in [9.17, 15) is 9.90 Å². The average molecular weight is 254 g/mol. The summed E-state index contributed by atoms with van der Waals surface area (Å²) in [6.07, 6.45) is 1.51. The van der Waals surface area contributed by atoms with E-state index in [4.69, 9.17) is 9.47 Å². The normalized spacial score (nSPS) is 12.4. The van der Waals surface area contributed by atoms with Gasteiger partial charge in [-0.2, -0.15) is 0 Å². The predicted octanol–water partition coefficient (Wildman–Crippen LogP) is 0.794. The maximum absolute atomic E-state index is 11.3. The third-order valence-electron chi connectivity index (χ3n) is 2.61. The fraction of sp³-hybridized carbons (Fsp3) is 0.500. The Morgan fingerprint density at radius 3 is 2.67 bits per heavy atom. The molecular weight excluding hydrogens is 236 g/mol. The van der Waals surface area contributed by atoms with Gasteiger partial charge in [-0.25, -0.2) is 4.98 Å². The van der Waals surface area contributed by atoms with E-state index in [0.29, 0.717) is 24.6 Å². The van der Waals surface area contributed by atoms with Crippen LogP contribution in [0.15, 0.2) is 18.3 Å². The van der Waals surface area contributed by atoms with E-state index in [2.05, 4.69) is 4.98 Å². The molecule has 0 spiro atoms. The maximum atomic E-state index is 11.3. The number of aliphatic carboxylic acids is 1. The van der Waals surface area contributed by atoms with Gasteiger partial charge in [0.15, 0.2) is 0 Å². The van der Waals surface area contributed by atoms with Crippen molar-refractivity contribution in [1.82, 2.24) is 9.88 Å². The van der Waals surface area contributed by atoms with Gasteiger partial charge in [-0.1, -0.05) is 0 Å². The number of likely N-dealkylation sites (N-methyl/N-ethyl adjacent to an activating group) is 1. The second-order valence-corrected chi connectivity index (χ2v) is 3.85. The van der Waals surface area contributed by atoms with Crippen molar-refractivity contribution in [2.75, 3.05) is 34.4 Å². The zero-order valence-electron chi connectivity index (χ0n) is 10.8. The first-order valence-electron chi connectivity index (χ1n) is 5.52. The minimum absolute atomic E-state index is 0.461. The van der Waals surface area contributed by atoms with Gasteiger partial charge < -0.3 is 14.6 Å². The van der Waals surface area contributed by atoms with Crippen LogP contribution in [-0.2, 0) is 9.53 Å². The number of hydrogen-bond acceptors (Lipinski definition) is 5. The summed E-state index contributed by atoms with van der Waals surface area (Å²) in [6.45, 7) is 1.00. The van der Waals surface area contributed by atoms with Crippen LogP contribution in [-0.4, -0.2) is 55.4 Å². The molecule has 1 aromatic heterocycles. The molecule has 0 bridgehead atoms. The fourth-order valence-corrected chi connectivity index (χ4v) is 1.62. The molecule has 0 aliphatic rings. The SMILES string of the molecule is COCCN(C)[C@@H](C(=O)O)c1ccc(OC)nc1. The zero-order chi connectivity index (χ0) is 13.5. The number of carbonyl (C=O) groups is 1. The van der Waals surface area contributed by atoms with Crippen LogP contribution in [0.2, 0.25) is 0 Å². The molecule has 0 radical (unpaired) electrons. The minimum Gasteiger partial charge on any atom is -0.481 e. The average Bonchev–Trinajstić information content (AvgIpc) is 2.37. The summed E-state index contributed by atoms with van der Waals surface area (Å²) in [5.41, 5.74) is 0.613. The molecule has 1 atom stereocenters. The molecule has 1 heterocycles. The highest BCUT2D eigenvalue weighted by Gasteiger charge is 2.24. The van der Waals surface area contributed by atoms with Crippen molar-refractivity contribution in [3.8, 4) is 5.88 Å². The van der Waals surface area contributed by atoms with E-state index >= 15 is 0 Å². The summed E-state index contributed by atoms with van der Waals surface area (Å²) in [5, 5.41) is 9.28. The van der Waals surface area contributed by atoms with Crippen molar-refractivity contribution in [3.63, 3.8) is 0 Å². The molecule has 0 unspecified atom stereocenters. The highest BCUT2D eigenvalue weighted by molar-refractivity contribution is 5.75. The number of carboxylic acids is 1. The third-order valence-corrected chi connectivity index (χ3v) is 2.61. The van der Waals surface area contributed by atoms with Gasteiger partial charge in [0.2, 0.25) is 5.88 Å². The first-order valence-corrected chi connectivity index (χ1v) is 5.52. The zero-order valence-corrected chi connectivity index (χ0v) is 10.8. The molecule has 0 saturated heterocycles. The second-order valence-electron chi connectivity index (χ2n) is 3.85. The maximum Gasteiger partial charge on any atom is 0.325 e. The molecule has 100 valence electrons. The van der Waals surface area contributed by atoms with Crippen LogP contribution in [0.3, 0.4) is 0 Å². The summed E-state index contributed by atoms with van der Waals surface area (Å²) in [4.78, 5) is 17.0. The molecule has 1 N–H and O–H groups in total. The lowest BCUT2D eigenvalue weighted by atomic mass is 10.1. The van der Waals surface area contributed by atoms with Gasteiger partial charge in [-0.15, -0.1) is 0 Å². The lowest BCUT2D eigenvalue weighted by Crippen LogP contribution is -2.33. The Morgan fingerprint density at radius 2 is 2.22 bits per heavy atom. The number of rotatable bonds is 7. The minimum atomic E-state index is -0.916. The van der Waals surface area contributed by atoms with Crippen molar-refractivity contribution in [1.29, 1.82) is 0 Å². The summed E-state index contributed by atoms with van der Waals surface area (Å²) < 4.78 is 9.89. The van der Waals surface area contributed by atoms with Crippen molar-refractivity contribution >= 4 is 5.97 Å². The Bertz CT molecular complexity index is 380. The number of ether oxygens (including phenoxy) is 2. The number of aromatic nitrogens is 1. The molecule has 0 aromatic carbocycles. The van der Waals surface area contributed by atoms with Crippen LogP contribution >= 0.6 is 0 Å². The van der Waals surface area contributed by atoms with Crippen LogP contribution in [0.4, 0.5) is 0 Å². The Labute approximate surface area is 106 Å². The number of pyridine rings is 1. The van der Waals surface area contributed by atoms with Crippen molar-refractivity contribution < 1.29 is 19.4 Å².